The third-order valence-electron chi connectivity index (χ3n) is 3.09. The molecular weight excluding hydrogens is 290 g/mol. The van der Waals surface area contributed by atoms with Gasteiger partial charge in [-0.15, -0.1) is 0 Å². The number of ether oxygens (including phenoxy) is 1. The first kappa shape index (κ1) is 15.4. The van der Waals surface area contributed by atoms with Crippen molar-refractivity contribution in [2.45, 2.75) is 26.8 Å². The highest BCUT2D eigenvalue weighted by Gasteiger charge is 2.09. The fourth-order valence-electron chi connectivity index (χ4n) is 2.10. The van der Waals surface area contributed by atoms with Gasteiger partial charge in [0.1, 0.15) is 5.75 Å². The first-order chi connectivity index (χ1) is 9.99. The molecule has 0 bridgehead atoms. The van der Waals surface area contributed by atoms with Gasteiger partial charge in [-0.3, -0.25) is 9.48 Å². The number of carbonyl (C=O) groups excluding carboxylic acids is 1. The van der Waals surface area contributed by atoms with E-state index >= 15 is 0 Å². The van der Waals surface area contributed by atoms with Gasteiger partial charge in [-0.05, 0) is 38.1 Å². The summed E-state index contributed by atoms with van der Waals surface area (Å²) in [6.45, 7) is 4.44. The number of anilines is 1. The lowest BCUT2D eigenvalue weighted by molar-refractivity contribution is -0.116. The van der Waals surface area contributed by atoms with E-state index in [1.54, 1.807) is 25.3 Å². The Labute approximate surface area is 128 Å². The van der Waals surface area contributed by atoms with Gasteiger partial charge >= 0.3 is 0 Å². The molecule has 0 fully saturated rings. The standard InChI is InChI=1S/C15H18ClN3O2/c1-10-8-11(2)19(18-10)7-6-15(20)17-13-9-12(16)4-5-14(13)21-3/h4-5,8-9H,6-7H2,1-3H3,(H,17,20). The van der Waals surface area contributed by atoms with Crippen molar-refractivity contribution in [1.29, 1.82) is 0 Å². The fraction of sp³-hybridized carbons (Fsp3) is 0.333. The lowest BCUT2D eigenvalue weighted by Crippen LogP contribution is -2.16. The smallest absolute Gasteiger partial charge is 0.226 e. The van der Waals surface area contributed by atoms with Gasteiger partial charge in [0.05, 0.1) is 18.5 Å². The number of nitrogens with zero attached hydrogens (tertiary/aromatic N) is 2. The number of hydrogen-bond acceptors (Lipinski definition) is 3. The van der Waals surface area contributed by atoms with Gasteiger partial charge in [0.25, 0.3) is 0 Å². The van der Waals surface area contributed by atoms with E-state index in [0.717, 1.165) is 11.4 Å². The third-order valence-corrected chi connectivity index (χ3v) is 3.32. The number of hydrogen-bond donors (Lipinski definition) is 1. The highest BCUT2D eigenvalue weighted by Crippen LogP contribution is 2.27. The molecule has 0 unspecified atom stereocenters. The van der Waals surface area contributed by atoms with Crippen LogP contribution in [0.3, 0.4) is 0 Å². The van der Waals surface area contributed by atoms with E-state index in [0.29, 0.717) is 29.4 Å². The Balaban J connectivity index is 1.99. The van der Waals surface area contributed by atoms with E-state index in [1.807, 2.05) is 24.6 Å². The molecule has 0 aliphatic carbocycles. The molecule has 2 aromatic rings. The van der Waals surface area contributed by atoms with Crippen LogP contribution >= 0.6 is 11.6 Å². The van der Waals surface area contributed by atoms with Crippen LogP contribution in [-0.2, 0) is 11.3 Å². The molecule has 0 radical (unpaired) electrons. The minimum Gasteiger partial charge on any atom is -0.495 e. The Morgan fingerprint density at radius 1 is 1.38 bits per heavy atom. The number of aryl methyl sites for hydroxylation is 3. The maximum absolute atomic E-state index is 12.0. The number of halogens is 1. The molecule has 2 rings (SSSR count). The number of nitrogens with one attached hydrogen (secondary N) is 1. The number of rotatable bonds is 5. The van der Waals surface area contributed by atoms with Gasteiger partial charge in [0.2, 0.25) is 5.91 Å². The first-order valence-corrected chi connectivity index (χ1v) is 7.02. The minimum absolute atomic E-state index is 0.108. The molecule has 112 valence electrons. The Bertz CT molecular complexity index is 652. The van der Waals surface area contributed by atoms with Crippen LogP contribution in [0.15, 0.2) is 24.3 Å². The van der Waals surface area contributed by atoms with Crippen LogP contribution in [0.1, 0.15) is 17.8 Å². The van der Waals surface area contributed by atoms with Crippen LogP contribution in [-0.4, -0.2) is 22.8 Å². The molecule has 0 aliphatic heterocycles. The van der Waals surface area contributed by atoms with E-state index in [2.05, 4.69) is 10.4 Å². The monoisotopic (exact) mass is 307 g/mol. The van der Waals surface area contributed by atoms with E-state index in [4.69, 9.17) is 16.3 Å². The topological polar surface area (TPSA) is 56.1 Å². The highest BCUT2D eigenvalue weighted by molar-refractivity contribution is 6.31. The molecule has 21 heavy (non-hydrogen) atoms. The summed E-state index contributed by atoms with van der Waals surface area (Å²) in [6, 6.07) is 7.09. The van der Waals surface area contributed by atoms with Crippen LogP contribution in [0.2, 0.25) is 5.02 Å². The quantitative estimate of drug-likeness (QED) is 0.923. The summed E-state index contributed by atoms with van der Waals surface area (Å²) in [6.07, 6.45) is 0.331. The molecule has 1 N–H and O–H groups in total. The highest BCUT2D eigenvalue weighted by atomic mass is 35.5. The van der Waals surface area contributed by atoms with Gasteiger partial charge in [-0.2, -0.15) is 5.10 Å². The second kappa shape index (κ2) is 6.63. The summed E-state index contributed by atoms with van der Waals surface area (Å²) in [5.41, 5.74) is 2.56. The zero-order chi connectivity index (χ0) is 15.4. The molecule has 1 heterocycles. The molecule has 1 aromatic heterocycles. The van der Waals surface area contributed by atoms with E-state index in [-0.39, 0.29) is 5.91 Å². The van der Waals surface area contributed by atoms with Crippen LogP contribution in [0.4, 0.5) is 5.69 Å². The fourth-order valence-corrected chi connectivity index (χ4v) is 2.27. The minimum atomic E-state index is -0.108. The predicted octanol–water partition coefficient (Wildman–Crippen LogP) is 3.19. The van der Waals surface area contributed by atoms with Crippen molar-refractivity contribution >= 4 is 23.2 Å². The largest absolute Gasteiger partial charge is 0.495 e. The molecule has 0 spiro atoms. The molecule has 1 aromatic carbocycles. The first-order valence-electron chi connectivity index (χ1n) is 6.64. The molecule has 0 saturated carbocycles. The van der Waals surface area contributed by atoms with Gasteiger partial charge in [-0.25, -0.2) is 0 Å². The van der Waals surface area contributed by atoms with Crippen molar-refractivity contribution in [3.8, 4) is 5.75 Å². The Morgan fingerprint density at radius 3 is 2.76 bits per heavy atom. The zero-order valence-corrected chi connectivity index (χ0v) is 13.1. The van der Waals surface area contributed by atoms with Crippen LogP contribution in [0.5, 0.6) is 5.75 Å². The lowest BCUT2D eigenvalue weighted by Gasteiger charge is -2.11. The average Bonchev–Trinajstić information content (AvgIpc) is 2.75. The molecule has 0 atom stereocenters. The van der Waals surface area contributed by atoms with Crippen molar-refractivity contribution < 1.29 is 9.53 Å². The molecule has 5 nitrogen and oxygen atoms in total. The summed E-state index contributed by atoms with van der Waals surface area (Å²) in [4.78, 5) is 12.0. The van der Waals surface area contributed by atoms with E-state index < -0.39 is 0 Å². The summed E-state index contributed by atoms with van der Waals surface area (Å²) in [7, 11) is 1.55. The van der Waals surface area contributed by atoms with Crippen LogP contribution in [0.25, 0.3) is 0 Å². The SMILES string of the molecule is COc1ccc(Cl)cc1NC(=O)CCn1nc(C)cc1C. The second-order valence-corrected chi connectivity index (χ2v) is 5.23. The van der Waals surface area contributed by atoms with Gasteiger partial charge in [0.15, 0.2) is 0 Å². The molecule has 1 amide bonds. The number of benzene rings is 1. The molecule has 0 aliphatic rings. The normalized spacial score (nSPS) is 10.5. The van der Waals surface area contributed by atoms with Gasteiger partial charge in [-0.1, -0.05) is 11.6 Å². The third kappa shape index (κ3) is 3.98. The maximum Gasteiger partial charge on any atom is 0.226 e. The molecule has 6 heteroatoms. The Kier molecular flexibility index (Phi) is 4.85. The lowest BCUT2D eigenvalue weighted by atomic mass is 10.2. The van der Waals surface area contributed by atoms with E-state index in [9.17, 15) is 4.79 Å². The summed E-state index contributed by atoms with van der Waals surface area (Å²) < 4.78 is 7.02. The van der Waals surface area contributed by atoms with Crippen LogP contribution < -0.4 is 10.1 Å². The average molecular weight is 308 g/mol. The van der Waals surface area contributed by atoms with Gasteiger partial charge in [0, 0.05) is 23.7 Å². The predicted molar refractivity (Wildman–Crippen MR) is 83.0 cm³/mol. The zero-order valence-electron chi connectivity index (χ0n) is 12.3. The summed E-state index contributed by atoms with van der Waals surface area (Å²) in [5, 5.41) is 7.68. The van der Waals surface area contributed by atoms with Crippen molar-refractivity contribution in [1.82, 2.24) is 9.78 Å². The van der Waals surface area contributed by atoms with E-state index in [1.165, 1.54) is 0 Å². The Hall–Kier alpha value is -2.01. The Morgan fingerprint density at radius 2 is 2.14 bits per heavy atom. The summed E-state index contributed by atoms with van der Waals surface area (Å²) in [5.74, 6) is 0.474. The number of amides is 1. The van der Waals surface area contributed by atoms with Crippen molar-refractivity contribution in [2.75, 3.05) is 12.4 Å². The molecular formula is C15H18ClN3O2. The van der Waals surface area contributed by atoms with Gasteiger partial charge < -0.3 is 10.1 Å². The van der Waals surface area contributed by atoms with Crippen molar-refractivity contribution in [2.24, 2.45) is 0 Å². The summed E-state index contributed by atoms with van der Waals surface area (Å²) >= 11 is 5.93. The number of carbonyl (C=O) groups is 1. The van der Waals surface area contributed by atoms with Crippen molar-refractivity contribution in [3.05, 3.63) is 40.7 Å². The molecule has 0 saturated heterocycles. The number of methoxy groups -OCH3 is 1. The maximum atomic E-state index is 12.0. The van der Waals surface area contributed by atoms with Crippen LogP contribution in [0, 0.1) is 13.8 Å². The second-order valence-electron chi connectivity index (χ2n) is 4.79. The number of aromatic nitrogens is 2. The van der Waals surface area contributed by atoms with Crippen molar-refractivity contribution in [3.63, 3.8) is 0 Å².